The summed E-state index contributed by atoms with van der Waals surface area (Å²) in [6.45, 7) is 9.25. The minimum Gasteiger partial charge on any atom is -0.453 e. The molecule has 0 bridgehead atoms. The monoisotopic (exact) mass is 282 g/mol. The lowest BCUT2D eigenvalue weighted by molar-refractivity contribution is 0.110. The number of benzene rings is 1. The van der Waals surface area contributed by atoms with E-state index in [1.807, 2.05) is 6.07 Å². The fourth-order valence-corrected chi connectivity index (χ4v) is 3.31. The van der Waals surface area contributed by atoms with Crippen molar-refractivity contribution >= 4 is 6.29 Å². The van der Waals surface area contributed by atoms with E-state index in [4.69, 9.17) is 4.42 Å². The van der Waals surface area contributed by atoms with E-state index in [-0.39, 0.29) is 10.8 Å². The Balaban J connectivity index is 2.13. The van der Waals surface area contributed by atoms with Crippen LogP contribution in [0.15, 0.2) is 34.7 Å². The molecule has 0 aliphatic heterocycles. The molecule has 2 aromatic rings. The van der Waals surface area contributed by atoms with E-state index < -0.39 is 0 Å². The zero-order valence-electron chi connectivity index (χ0n) is 13.2. The van der Waals surface area contributed by atoms with Gasteiger partial charge in [-0.1, -0.05) is 39.8 Å². The summed E-state index contributed by atoms with van der Waals surface area (Å²) in [4.78, 5) is 10.8. The molecule has 3 rings (SSSR count). The van der Waals surface area contributed by atoms with Crippen LogP contribution in [0, 0.1) is 0 Å². The van der Waals surface area contributed by atoms with Crippen LogP contribution in [0.1, 0.15) is 62.2 Å². The molecular formula is C19H22O2. The van der Waals surface area contributed by atoms with Crippen molar-refractivity contribution in [3.05, 3.63) is 47.2 Å². The highest BCUT2D eigenvalue weighted by molar-refractivity contribution is 5.73. The Labute approximate surface area is 126 Å². The van der Waals surface area contributed by atoms with Gasteiger partial charge in [-0.25, -0.2) is 0 Å². The van der Waals surface area contributed by atoms with Gasteiger partial charge in [0.15, 0.2) is 12.0 Å². The van der Waals surface area contributed by atoms with Gasteiger partial charge in [-0.3, -0.25) is 4.79 Å². The largest absolute Gasteiger partial charge is 0.453 e. The van der Waals surface area contributed by atoms with Crippen LogP contribution in [0.25, 0.3) is 11.3 Å². The molecule has 0 spiro atoms. The molecule has 0 unspecified atom stereocenters. The third kappa shape index (κ3) is 2.33. The van der Waals surface area contributed by atoms with Crippen LogP contribution in [0.2, 0.25) is 0 Å². The number of aldehydes is 1. The predicted molar refractivity (Wildman–Crippen MR) is 84.8 cm³/mol. The SMILES string of the molecule is CC1(C)CCC(C)(C)c2cc(-c3ccc(C=O)o3)ccc21. The maximum Gasteiger partial charge on any atom is 0.185 e. The molecule has 0 N–H and O–H groups in total. The summed E-state index contributed by atoms with van der Waals surface area (Å²) in [6.07, 6.45) is 3.14. The summed E-state index contributed by atoms with van der Waals surface area (Å²) in [5.41, 5.74) is 4.29. The van der Waals surface area contributed by atoms with E-state index in [1.54, 1.807) is 6.07 Å². The van der Waals surface area contributed by atoms with Crippen molar-refractivity contribution in [2.45, 2.75) is 51.4 Å². The average molecular weight is 282 g/mol. The molecule has 2 heteroatoms. The molecule has 1 aliphatic carbocycles. The standard InChI is InChI=1S/C19H22O2/c1-18(2)9-10-19(3,4)16-11-13(5-7-15(16)18)17-8-6-14(12-20)21-17/h5-8,11-12H,9-10H2,1-4H3. The van der Waals surface area contributed by atoms with Gasteiger partial charge in [0.05, 0.1) is 0 Å². The van der Waals surface area contributed by atoms with Crippen molar-refractivity contribution in [2.24, 2.45) is 0 Å². The highest BCUT2D eigenvalue weighted by Gasteiger charge is 2.37. The number of carbonyl (C=O) groups is 1. The van der Waals surface area contributed by atoms with E-state index in [0.717, 1.165) is 17.6 Å². The Morgan fingerprint density at radius 1 is 0.952 bits per heavy atom. The zero-order chi connectivity index (χ0) is 15.3. The van der Waals surface area contributed by atoms with Crippen molar-refractivity contribution in [1.29, 1.82) is 0 Å². The molecule has 2 nitrogen and oxygen atoms in total. The van der Waals surface area contributed by atoms with Gasteiger partial charge in [0.2, 0.25) is 0 Å². The molecule has 1 aromatic heterocycles. The Kier molecular flexibility index (Phi) is 3.09. The Morgan fingerprint density at radius 2 is 1.62 bits per heavy atom. The predicted octanol–water partition coefficient (Wildman–Crippen LogP) is 5.11. The Morgan fingerprint density at radius 3 is 2.24 bits per heavy atom. The normalized spacial score (nSPS) is 19.0. The smallest absolute Gasteiger partial charge is 0.185 e. The zero-order valence-corrected chi connectivity index (χ0v) is 13.2. The molecule has 0 saturated carbocycles. The average Bonchev–Trinajstić information content (AvgIpc) is 2.93. The maximum atomic E-state index is 10.8. The van der Waals surface area contributed by atoms with Crippen molar-refractivity contribution in [2.75, 3.05) is 0 Å². The lowest BCUT2D eigenvalue weighted by Gasteiger charge is -2.42. The second kappa shape index (κ2) is 4.59. The van der Waals surface area contributed by atoms with Gasteiger partial charge in [0, 0.05) is 5.56 Å². The first kappa shape index (κ1) is 14.1. The highest BCUT2D eigenvalue weighted by atomic mass is 16.3. The van der Waals surface area contributed by atoms with Crippen LogP contribution in [0.4, 0.5) is 0 Å². The summed E-state index contributed by atoms with van der Waals surface area (Å²) in [5, 5.41) is 0. The van der Waals surface area contributed by atoms with E-state index in [1.165, 1.54) is 24.0 Å². The number of fused-ring (bicyclic) bond motifs is 1. The van der Waals surface area contributed by atoms with Gasteiger partial charge < -0.3 is 4.42 Å². The minimum atomic E-state index is 0.181. The summed E-state index contributed by atoms with van der Waals surface area (Å²) >= 11 is 0. The van der Waals surface area contributed by atoms with E-state index in [2.05, 4.69) is 45.9 Å². The van der Waals surface area contributed by atoms with Gasteiger partial charge in [0.25, 0.3) is 0 Å². The third-order valence-electron chi connectivity index (χ3n) is 4.88. The molecule has 1 aliphatic rings. The van der Waals surface area contributed by atoms with Gasteiger partial charge in [0.1, 0.15) is 5.76 Å². The van der Waals surface area contributed by atoms with E-state index in [9.17, 15) is 4.79 Å². The number of hydrogen-bond donors (Lipinski definition) is 0. The molecular weight excluding hydrogens is 260 g/mol. The van der Waals surface area contributed by atoms with E-state index in [0.29, 0.717) is 5.76 Å². The van der Waals surface area contributed by atoms with Gasteiger partial charge in [-0.15, -0.1) is 0 Å². The van der Waals surface area contributed by atoms with Crippen molar-refractivity contribution in [3.63, 3.8) is 0 Å². The fraction of sp³-hybridized carbons (Fsp3) is 0.421. The first-order valence-corrected chi connectivity index (χ1v) is 7.54. The quantitative estimate of drug-likeness (QED) is 0.717. The molecule has 1 aromatic carbocycles. The first-order chi connectivity index (χ1) is 9.83. The van der Waals surface area contributed by atoms with Crippen LogP contribution >= 0.6 is 0 Å². The van der Waals surface area contributed by atoms with Gasteiger partial charge in [-0.2, -0.15) is 0 Å². The third-order valence-corrected chi connectivity index (χ3v) is 4.88. The number of furan rings is 1. The second-order valence-corrected chi connectivity index (χ2v) is 7.35. The minimum absolute atomic E-state index is 0.181. The fourth-order valence-electron chi connectivity index (χ4n) is 3.31. The van der Waals surface area contributed by atoms with Crippen LogP contribution < -0.4 is 0 Å². The second-order valence-electron chi connectivity index (χ2n) is 7.35. The van der Waals surface area contributed by atoms with Crippen molar-refractivity contribution in [1.82, 2.24) is 0 Å². The Bertz CT molecular complexity index is 689. The topological polar surface area (TPSA) is 30.2 Å². The Hall–Kier alpha value is -1.83. The molecule has 110 valence electrons. The van der Waals surface area contributed by atoms with Crippen LogP contribution in [-0.2, 0) is 10.8 Å². The van der Waals surface area contributed by atoms with Gasteiger partial charge in [-0.05, 0) is 53.0 Å². The number of hydrogen-bond acceptors (Lipinski definition) is 2. The summed E-state index contributed by atoms with van der Waals surface area (Å²) in [7, 11) is 0. The molecule has 0 atom stereocenters. The first-order valence-electron chi connectivity index (χ1n) is 7.54. The molecule has 1 heterocycles. The lowest BCUT2D eigenvalue weighted by Crippen LogP contribution is -2.33. The van der Waals surface area contributed by atoms with Crippen LogP contribution in [0.3, 0.4) is 0 Å². The van der Waals surface area contributed by atoms with Crippen LogP contribution in [0.5, 0.6) is 0 Å². The molecule has 0 fully saturated rings. The molecule has 0 radical (unpaired) electrons. The maximum absolute atomic E-state index is 10.8. The summed E-state index contributed by atoms with van der Waals surface area (Å²) < 4.78 is 5.56. The number of carbonyl (C=O) groups excluding carboxylic acids is 1. The van der Waals surface area contributed by atoms with Gasteiger partial charge >= 0.3 is 0 Å². The van der Waals surface area contributed by atoms with Crippen molar-refractivity contribution < 1.29 is 9.21 Å². The van der Waals surface area contributed by atoms with Crippen molar-refractivity contribution in [3.8, 4) is 11.3 Å². The van der Waals surface area contributed by atoms with Crippen LogP contribution in [-0.4, -0.2) is 6.29 Å². The summed E-state index contributed by atoms with van der Waals surface area (Å²) in [5.74, 6) is 1.14. The molecule has 21 heavy (non-hydrogen) atoms. The lowest BCUT2D eigenvalue weighted by atomic mass is 9.63. The number of rotatable bonds is 2. The van der Waals surface area contributed by atoms with E-state index >= 15 is 0 Å². The molecule has 0 amide bonds. The highest BCUT2D eigenvalue weighted by Crippen LogP contribution is 2.46. The molecule has 0 saturated heterocycles. The summed E-state index contributed by atoms with van der Waals surface area (Å²) in [6, 6.07) is 10.2.